The lowest BCUT2D eigenvalue weighted by molar-refractivity contribution is -0.131. The van der Waals surface area contributed by atoms with Gasteiger partial charge in [-0.3, -0.25) is 34.2 Å². The maximum atomic E-state index is 12.5. The first-order valence-electron chi connectivity index (χ1n) is 8.40. The normalized spacial score (nSPS) is 21.3. The van der Waals surface area contributed by atoms with E-state index >= 15 is 0 Å². The van der Waals surface area contributed by atoms with Crippen molar-refractivity contribution in [3.8, 4) is 0 Å². The summed E-state index contributed by atoms with van der Waals surface area (Å²) in [4.78, 5) is 72.5. The smallest absolute Gasteiger partial charge is 0.338 e. The van der Waals surface area contributed by atoms with Crippen LogP contribution in [-0.2, 0) is 19.1 Å². The van der Waals surface area contributed by atoms with Gasteiger partial charge in [0.2, 0.25) is 17.7 Å². The van der Waals surface area contributed by atoms with Gasteiger partial charge >= 0.3 is 5.97 Å². The van der Waals surface area contributed by atoms with E-state index in [0.717, 1.165) is 4.90 Å². The van der Waals surface area contributed by atoms with Gasteiger partial charge in [-0.1, -0.05) is 6.07 Å². The highest BCUT2D eigenvalue weighted by Gasteiger charge is 2.50. The van der Waals surface area contributed by atoms with E-state index in [9.17, 15) is 28.8 Å². The third-order valence-electron chi connectivity index (χ3n) is 3.91. The first kappa shape index (κ1) is 20.9. The van der Waals surface area contributed by atoms with E-state index in [1.54, 1.807) is 13.0 Å². The molecule has 12 heteroatoms. The van der Waals surface area contributed by atoms with Gasteiger partial charge in [0.15, 0.2) is 0 Å². The fraction of sp³-hybridized carbons (Fsp3) is 0.294. The Balaban J connectivity index is 1.63. The molecule has 2 aliphatic rings. The molecule has 3 rings (SSSR count). The minimum atomic E-state index is -1.07. The lowest BCUT2D eigenvalue weighted by atomic mass is 10.2. The summed E-state index contributed by atoms with van der Waals surface area (Å²) in [6.45, 7) is 1.32. The molecule has 29 heavy (non-hydrogen) atoms. The van der Waals surface area contributed by atoms with Gasteiger partial charge in [0.1, 0.15) is 17.0 Å². The topological polar surface area (TPSA) is 139 Å². The van der Waals surface area contributed by atoms with Crippen molar-refractivity contribution in [3.63, 3.8) is 0 Å². The fourth-order valence-electron chi connectivity index (χ4n) is 2.65. The molecule has 2 heterocycles. The molecule has 0 radical (unpaired) electrons. The van der Waals surface area contributed by atoms with Crippen molar-refractivity contribution in [1.29, 1.82) is 0 Å². The zero-order valence-electron chi connectivity index (χ0n) is 15.0. The molecule has 2 saturated heterocycles. The summed E-state index contributed by atoms with van der Waals surface area (Å²) in [5, 5.41) is 1.22. The van der Waals surface area contributed by atoms with E-state index in [4.69, 9.17) is 4.74 Å². The monoisotopic (exact) mass is 437 g/mol. The number of nitrogens with one attached hydrogen (secondary N) is 2. The van der Waals surface area contributed by atoms with Crippen LogP contribution in [0.2, 0.25) is 0 Å². The number of hydrogen-bond donors (Lipinski definition) is 2. The van der Waals surface area contributed by atoms with Crippen LogP contribution in [0.3, 0.4) is 0 Å². The second-order valence-corrected chi connectivity index (χ2v) is 8.10. The van der Waals surface area contributed by atoms with Crippen LogP contribution in [0.4, 0.5) is 15.3 Å². The molecule has 2 fully saturated rings. The van der Waals surface area contributed by atoms with Gasteiger partial charge in [-0.2, -0.15) is 0 Å². The molecular formula is C17H15N3O7S2. The molecular weight excluding hydrogens is 422 g/mol. The third-order valence-corrected chi connectivity index (χ3v) is 6.29. The van der Waals surface area contributed by atoms with Crippen molar-refractivity contribution in [3.05, 3.63) is 29.8 Å². The summed E-state index contributed by atoms with van der Waals surface area (Å²) >= 11 is 1.25. The second kappa shape index (κ2) is 8.66. The maximum Gasteiger partial charge on any atom is 0.338 e. The zero-order chi connectivity index (χ0) is 21.1. The van der Waals surface area contributed by atoms with Gasteiger partial charge in [0.05, 0.1) is 12.2 Å². The summed E-state index contributed by atoms with van der Waals surface area (Å²) in [5.74, 6) is -2.55. The van der Waals surface area contributed by atoms with Crippen molar-refractivity contribution in [1.82, 2.24) is 10.2 Å². The number of carbonyl (C=O) groups is 6. The number of imide groups is 2. The standard InChI is InChI=1S/C17H15N3O7S2/c1-2-27-15(24)8-4-3-5-9(6-8)18-10(21)7-20-14(23)12(29-17(20)26)11-13(22)19-16(25)28-11/h3-6,11-12H,2,7H2,1H3,(H,18,21)(H,19,22,25). The fourth-order valence-corrected chi connectivity index (χ4v) is 4.76. The number of benzene rings is 1. The average molecular weight is 437 g/mol. The van der Waals surface area contributed by atoms with Crippen LogP contribution >= 0.6 is 23.5 Å². The molecule has 2 unspecified atom stereocenters. The van der Waals surface area contributed by atoms with Crippen molar-refractivity contribution in [2.75, 3.05) is 18.5 Å². The number of hydrogen-bond acceptors (Lipinski definition) is 9. The Hall–Kier alpha value is -2.86. The summed E-state index contributed by atoms with van der Waals surface area (Å²) < 4.78 is 4.89. The Morgan fingerprint density at radius 1 is 1.17 bits per heavy atom. The minimum Gasteiger partial charge on any atom is -0.462 e. The average Bonchev–Trinajstić information content (AvgIpc) is 3.14. The SMILES string of the molecule is CCOC(=O)c1cccc(NC(=O)CN2C(=O)SC(C3SC(=O)NC3=O)C2=O)c1. The number of amides is 5. The molecule has 0 aliphatic carbocycles. The van der Waals surface area contributed by atoms with Gasteiger partial charge in [-0.15, -0.1) is 0 Å². The van der Waals surface area contributed by atoms with Crippen molar-refractivity contribution < 1.29 is 33.5 Å². The lowest BCUT2D eigenvalue weighted by Crippen LogP contribution is -2.42. The van der Waals surface area contributed by atoms with Crippen molar-refractivity contribution in [2.24, 2.45) is 0 Å². The molecule has 5 amide bonds. The van der Waals surface area contributed by atoms with Crippen LogP contribution in [0.25, 0.3) is 0 Å². The molecule has 0 spiro atoms. The molecule has 10 nitrogen and oxygen atoms in total. The first-order chi connectivity index (χ1) is 13.8. The summed E-state index contributed by atoms with van der Waals surface area (Å²) in [6.07, 6.45) is 0. The van der Waals surface area contributed by atoms with E-state index < -0.39 is 51.2 Å². The number of thioether (sulfide) groups is 2. The molecule has 2 aliphatic heterocycles. The second-order valence-electron chi connectivity index (χ2n) is 5.89. The molecule has 1 aromatic carbocycles. The van der Waals surface area contributed by atoms with Crippen LogP contribution < -0.4 is 10.6 Å². The van der Waals surface area contributed by atoms with Crippen molar-refractivity contribution >= 4 is 63.4 Å². The van der Waals surface area contributed by atoms with E-state index in [1.165, 1.54) is 18.2 Å². The van der Waals surface area contributed by atoms with Crippen LogP contribution in [0.5, 0.6) is 0 Å². The predicted molar refractivity (Wildman–Crippen MR) is 104 cm³/mol. The molecule has 2 atom stereocenters. The number of esters is 1. The van der Waals surface area contributed by atoms with Crippen molar-refractivity contribution in [2.45, 2.75) is 17.4 Å². The minimum absolute atomic E-state index is 0.205. The summed E-state index contributed by atoms with van der Waals surface area (Å²) in [6, 6.07) is 6.02. The van der Waals surface area contributed by atoms with Gasteiger partial charge in [-0.05, 0) is 48.6 Å². The number of nitrogens with zero attached hydrogens (tertiary/aromatic N) is 1. The Labute approximate surface area is 173 Å². The van der Waals surface area contributed by atoms with E-state index in [2.05, 4.69) is 10.6 Å². The van der Waals surface area contributed by atoms with Gasteiger partial charge in [-0.25, -0.2) is 4.79 Å². The summed E-state index contributed by atoms with van der Waals surface area (Å²) in [7, 11) is 0. The Bertz CT molecular complexity index is 920. The summed E-state index contributed by atoms with van der Waals surface area (Å²) in [5.41, 5.74) is 0.530. The van der Waals surface area contributed by atoms with Crippen LogP contribution in [0.1, 0.15) is 17.3 Å². The third kappa shape index (κ3) is 4.59. The molecule has 0 bridgehead atoms. The van der Waals surface area contributed by atoms with Gasteiger partial charge in [0, 0.05) is 5.69 Å². The lowest BCUT2D eigenvalue weighted by Gasteiger charge is -2.15. The van der Waals surface area contributed by atoms with Gasteiger partial charge in [0.25, 0.3) is 10.5 Å². The largest absolute Gasteiger partial charge is 0.462 e. The molecule has 0 aromatic heterocycles. The van der Waals surface area contributed by atoms with E-state index in [-0.39, 0.29) is 12.2 Å². The van der Waals surface area contributed by atoms with E-state index in [1.807, 2.05) is 0 Å². The predicted octanol–water partition coefficient (Wildman–Crippen LogP) is 1.22. The Morgan fingerprint density at radius 3 is 2.59 bits per heavy atom. The molecule has 2 N–H and O–H groups in total. The molecule has 0 saturated carbocycles. The highest BCUT2D eigenvalue weighted by atomic mass is 32.2. The first-order valence-corrected chi connectivity index (χ1v) is 10.2. The zero-order valence-corrected chi connectivity index (χ0v) is 16.6. The Morgan fingerprint density at radius 2 is 1.93 bits per heavy atom. The maximum absolute atomic E-state index is 12.5. The molecule has 1 aromatic rings. The Kier molecular flexibility index (Phi) is 6.23. The molecule has 152 valence electrons. The number of rotatable bonds is 6. The van der Waals surface area contributed by atoms with E-state index in [0.29, 0.717) is 29.2 Å². The van der Waals surface area contributed by atoms with Crippen LogP contribution in [0, 0.1) is 0 Å². The van der Waals surface area contributed by atoms with Crippen LogP contribution in [-0.4, -0.2) is 62.7 Å². The number of ether oxygens (including phenoxy) is 1. The highest BCUT2D eigenvalue weighted by Crippen LogP contribution is 2.36. The highest BCUT2D eigenvalue weighted by molar-refractivity contribution is 8.19. The number of anilines is 1. The van der Waals surface area contributed by atoms with Gasteiger partial charge < -0.3 is 10.1 Å². The quantitative estimate of drug-likeness (QED) is 0.629. The number of carbonyl (C=O) groups excluding carboxylic acids is 6. The van der Waals surface area contributed by atoms with Crippen LogP contribution in [0.15, 0.2) is 24.3 Å².